The van der Waals surface area contributed by atoms with E-state index >= 15 is 0 Å². The zero-order valence-corrected chi connectivity index (χ0v) is 48.3. The minimum absolute atomic E-state index is 0.0746. The van der Waals surface area contributed by atoms with Crippen LogP contribution < -0.4 is 0 Å². The van der Waals surface area contributed by atoms with E-state index in [9.17, 15) is 5.53 Å². The zero-order chi connectivity index (χ0) is 50.0. The molecule has 1 heterocycles. The molecular weight excluding hydrogens is 935 g/mol. The van der Waals surface area contributed by atoms with Gasteiger partial charge in [-0.1, -0.05) is 208 Å². The predicted molar refractivity (Wildman–Crippen MR) is 299 cm³/mol. The number of hydrogen-bond donors (Lipinski definition) is 0. The fraction of sp³-hybridized carbons (Fsp3) is 0.750. The first-order chi connectivity index (χ1) is 33.9. The number of allylic oxidation sites excluding steroid dienone is 2. The van der Waals surface area contributed by atoms with Crippen LogP contribution in [0.15, 0.2) is 47.5 Å². The molecule has 69 heavy (non-hydrogen) atoms. The molecule has 0 aliphatic carbocycles. The summed E-state index contributed by atoms with van der Waals surface area (Å²) in [5.41, 5.74) is 26.3. The normalized spacial score (nSPS) is 12.8. The molecule has 0 N–H and O–H groups in total. The van der Waals surface area contributed by atoms with Gasteiger partial charge in [-0.05, 0) is 124 Å². The van der Waals surface area contributed by atoms with Crippen molar-refractivity contribution in [2.45, 2.75) is 299 Å². The third-order valence-corrected chi connectivity index (χ3v) is 15.0. The Morgan fingerprint density at radius 1 is 0.319 bits per heavy atom. The van der Waals surface area contributed by atoms with Crippen molar-refractivity contribution in [3.63, 3.8) is 0 Å². The zero-order valence-electron chi connectivity index (χ0n) is 46.8. The number of nitrogens with zero attached hydrogens (tertiary/aromatic N) is 2. The fourth-order valence-electron chi connectivity index (χ4n) is 9.89. The van der Waals surface area contributed by atoms with Crippen molar-refractivity contribution in [3.8, 4) is 0 Å². The summed E-state index contributed by atoms with van der Waals surface area (Å²) in [7, 11) is 0. The van der Waals surface area contributed by atoms with E-state index < -0.39 is 0 Å². The summed E-state index contributed by atoms with van der Waals surface area (Å²) in [6.45, 7) is 19.7. The van der Waals surface area contributed by atoms with Gasteiger partial charge in [0.05, 0.1) is 0 Å². The van der Waals surface area contributed by atoms with E-state index in [0.29, 0.717) is 0 Å². The molecule has 0 amide bonds. The van der Waals surface area contributed by atoms with Crippen LogP contribution in [0.3, 0.4) is 0 Å². The van der Waals surface area contributed by atoms with Crippen LogP contribution >= 0.6 is 0 Å². The summed E-state index contributed by atoms with van der Waals surface area (Å²) < 4.78 is 11.9. The molecule has 5 heteroatoms. The second-order valence-electron chi connectivity index (χ2n) is 20.7. The molecule has 0 saturated carbocycles. The van der Waals surface area contributed by atoms with Gasteiger partial charge >= 0.3 is 65.5 Å². The molecule has 1 aliphatic rings. The molecule has 4 nitrogen and oxygen atoms in total. The average molecular weight is 1050 g/mol. The van der Waals surface area contributed by atoms with Gasteiger partial charge in [-0.15, -0.1) is 0 Å². The van der Waals surface area contributed by atoms with E-state index in [1.165, 1.54) is 224 Å². The summed E-state index contributed by atoms with van der Waals surface area (Å²) >= 11 is 0.0746. The van der Waals surface area contributed by atoms with Gasteiger partial charge in [-0.2, -0.15) is 0 Å². The molecular formula is C64H110N2O2Pd. The van der Waals surface area contributed by atoms with E-state index in [2.05, 4.69) is 91.8 Å². The molecule has 0 saturated heterocycles. The van der Waals surface area contributed by atoms with Crippen molar-refractivity contribution in [2.75, 3.05) is 13.2 Å². The average Bonchev–Trinajstić information content (AvgIpc) is 3.64. The first-order valence-corrected chi connectivity index (χ1v) is 31.2. The fourth-order valence-corrected chi connectivity index (χ4v) is 10.9. The SMILES string of the molecule is CCCCCCCCc1cc(CCCCCCCC)cc(C2=C(CCCC)C(CCCCCC)=C(c3cc(CCCCCCCC)cc(CCCCCCCC)c3)[N+]2=[N-])c1.CCC[O][Pd][O]CCC. The molecule has 398 valence electrons. The van der Waals surface area contributed by atoms with Crippen molar-refractivity contribution >= 4 is 11.4 Å². The van der Waals surface area contributed by atoms with E-state index in [4.69, 9.17) is 6.92 Å². The van der Waals surface area contributed by atoms with Gasteiger partial charge in [0.1, 0.15) is 0 Å². The van der Waals surface area contributed by atoms with Crippen molar-refractivity contribution in [1.29, 1.82) is 0 Å². The number of unbranched alkanes of at least 4 members (excludes halogenated alkanes) is 24. The van der Waals surface area contributed by atoms with Gasteiger partial charge < -0.3 is 5.53 Å². The Morgan fingerprint density at radius 3 is 0.884 bits per heavy atom. The van der Waals surface area contributed by atoms with Crippen LogP contribution in [-0.2, 0) is 51.3 Å². The summed E-state index contributed by atoms with van der Waals surface area (Å²) in [4.78, 5) is 0. The second-order valence-corrected chi connectivity index (χ2v) is 21.8. The summed E-state index contributed by atoms with van der Waals surface area (Å²) in [6, 6.07) is 15.0. The van der Waals surface area contributed by atoms with Crippen LogP contribution in [0.1, 0.15) is 307 Å². The van der Waals surface area contributed by atoms with Crippen LogP contribution in [0.4, 0.5) is 0 Å². The molecule has 0 unspecified atom stereocenters. The number of rotatable bonds is 44. The number of benzene rings is 2. The Morgan fingerprint density at radius 2 is 0.580 bits per heavy atom. The molecule has 0 fully saturated rings. The van der Waals surface area contributed by atoms with Gasteiger partial charge in [0, 0.05) is 22.3 Å². The van der Waals surface area contributed by atoms with Crippen LogP contribution in [0, 0.1) is 0 Å². The number of aryl methyl sites for hydroxylation is 4. The monoisotopic (exact) mass is 1040 g/mol. The van der Waals surface area contributed by atoms with E-state index in [0.717, 1.165) is 88.8 Å². The summed E-state index contributed by atoms with van der Waals surface area (Å²) in [6.07, 6.45) is 47.9. The molecule has 0 spiro atoms. The van der Waals surface area contributed by atoms with Crippen molar-refractivity contribution in [3.05, 3.63) is 86.5 Å². The number of hydrogen-bond acceptors (Lipinski definition) is 2. The van der Waals surface area contributed by atoms with Crippen LogP contribution in [-0.4, -0.2) is 17.9 Å². The molecule has 0 aromatic heterocycles. The summed E-state index contributed by atoms with van der Waals surface area (Å²) in [5, 5.41) is 0. The van der Waals surface area contributed by atoms with Crippen LogP contribution in [0.2, 0.25) is 0 Å². The van der Waals surface area contributed by atoms with Gasteiger partial charge in [-0.25, -0.2) is 4.70 Å². The van der Waals surface area contributed by atoms with E-state index in [-0.39, 0.29) is 18.7 Å². The quantitative estimate of drug-likeness (QED) is 0.0377. The second kappa shape index (κ2) is 43.7. The third-order valence-electron chi connectivity index (χ3n) is 14.0. The maximum absolute atomic E-state index is 12.9. The topological polar surface area (TPSA) is 43.8 Å². The van der Waals surface area contributed by atoms with E-state index in [1.807, 2.05) is 0 Å². The first kappa shape index (κ1) is 63.2. The first-order valence-electron chi connectivity index (χ1n) is 30.0. The molecule has 0 radical (unpaired) electrons. The Labute approximate surface area is 438 Å². The summed E-state index contributed by atoms with van der Waals surface area (Å²) in [5.74, 6) is 0. The Kier molecular flexibility index (Phi) is 40.0. The van der Waals surface area contributed by atoms with Crippen molar-refractivity contribution in [1.82, 2.24) is 0 Å². The molecule has 0 bridgehead atoms. The van der Waals surface area contributed by atoms with Gasteiger partial charge in [0.2, 0.25) is 11.4 Å². The predicted octanol–water partition coefficient (Wildman–Crippen LogP) is 21.4. The molecule has 1 aliphatic heterocycles. The van der Waals surface area contributed by atoms with Gasteiger partial charge in [0.15, 0.2) is 0 Å². The Bertz CT molecular complexity index is 1570. The Hall–Kier alpha value is -1.90. The minimum atomic E-state index is 0.0746. The molecule has 3 rings (SSSR count). The van der Waals surface area contributed by atoms with Gasteiger partial charge in [0.25, 0.3) is 0 Å². The molecule has 2 aromatic rings. The van der Waals surface area contributed by atoms with Crippen LogP contribution in [0.25, 0.3) is 16.9 Å². The van der Waals surface area contributed by atoms with Crippen molar-refractivity contribution in [2.24, 2.45) is 0 Å². The third kappa shape index (κ3) is 28.2. The maximum atomic E-state index is 12.9. The van der Waals surface area contributed by atoms with Crippen molar-refractivity contribution < 1.29 is 30.3 Å². The van der Waals surface area contributed by atoms with Crippen LogP contribution in [0.5, 0.6) is 0 Å². The molecule has 0 atom stereocenters. The van der Waals surface area contributed by atoms with Gasteiger partial charge in [-0.3, -0.25) is 0 Å². The Balaban J connectivity index is 0.00000164. The standard InChI is InChI=1S/C58H96N2.2C3H7O.Pd/c1-7-13-19-24-28-32-37-49-43-50(38-33-29-25-20-14-8-2)46-53(45-49)57-55(41-18-12-6)56(42-36-23-17-11-5)58(60(57)59)54-47-51(39-34-30-26-21-15-9-3)44-52(48-54)40-35-31-27-22-16-10-4;2*1-2-3-4;/h43-48H,7-42H2,1-6H3;2*2-3H2,1H3;/q;2*-1;+2. The molecule has 2 aromatic carbocycles. The van der Waals surface area contributed by atoms with E-state index in [1.54, 1.807) is 4.70 Å².